The molecule has 0 aliphatic carbocycles. The molecule has 0 spiro atoms. The van der Waals surface area contributed by atoms with E-state index in [-0.39, 0.29) is 5.78 Å². The second-order valence-electron chi connectivity index (χ2n) is 5.11. The molecule has 4 heteroatoms. The van der Waals surface area contributed by atoms with E-state index in [2.05, 4.69) is 5.10 Å². The first-order valence-corrected chi connectivity index (χ1v) is 7.13. The van der Waals surface area contributed by atoms with Crippen molar-refractivity contribution in [2.24, 2.45) is 0 Å². The van der Waals surface area contributed by atoms with Gasteiger partial charge in [0, 0.05) is 11.8 Å². The molecule has 0 aliphatic heterocycles. The number of aromatic nitrogens is 2. The highest BCUT2D eigenvalue weighted by Crippen LogP contribution is 2.21. The summed E-state index contributed by atoms with van der Waals surface area (Å²) in [6.45, 7) is 9.64. The van der Waals surface area contributed by atoms with Gasteiger partial charge in [0.2, 0.25) is 0 Å². The third kappa shape index (κ3) is 3.67. The number of Topliss-reactive ketones (excluding diaryl/α,β-unsaturated/α-hetero) is 1. The summed E-state index contributed by atoms with van der Waals surface area (Å²) >= 11 is 0. The number of aliphatic hydroxyl groups is 1. The Morgan fingerprint density at radius 2 is 1.90 bits per heavy atom. The van der Waals surface area contributed by atoms with Gasteiger partial charge in [-0.15, -0.1) is 0 Å². The first-order valence-electron chi connectivity index (χ1n) is 7.13. The number of hydrogen-bond acceptors (Lipinski definition) is 3. The Morgan fingerprint density at radius 3 is 2.45 bits per heavy atom. The van der Waals surface area contributed by atoms with Gasteiger partial charge in [0.25, 0.3) is 0 Å². The van der Waals surface area contributed by atoms with Crippen LogP contribution in [0.3, 0.4) is 0 Å². The fourth-order valence-electron chi connectivity index (χ4n) is 1.99. The van der Waals surface area contributed by atoms with Crippen LogP contribution in [-0.2, 0) is 6.54 Å². The summed E-state index contributed by atoms with van der Waals surface area (Å²) in [5.41, 5.74) is 0.523. The van der Waals surface area contributed by atoms with E-state index in [9.17, 15) is 9.90 Å². The van der Waals surface area contributed by atoms with E-state index in [0.29, 0.717) is 18.7 Å². The van der Waals surface area contributed by atoms with Gasteiger partial charge in [-0.25, -0.2) is 0 Å². The molecule has 110 valence electrons. The molecule has 0 amide bonds. The van der Waals surface area contributed by atoms with Crippen LogP contribution >= 0.6 is 0 Å². The lowest BCUT2D eigenvalue weighted by atomic mass is 10.1. The average molecular weight is 276 g/mol. The molecule has 20 heavy (non-hydrogen) atoms. The number of benzene rings is 1. The molecule has 0 unspecified atom stereocenters. The third-order valence-electron chi connectivity index (χ3n) is 2.78. The van der Waals surface area contributed by atoms with Gasteiger partial charge in [0.1, 0.15) is 5.69 Å². The highest BCUT2D eigenvalue weighted by molar-refractivity contribution is 6.05. The summed E-state index contributed by atoms with van der Waals surface area (Å²) in [5.74, 6) is 0.0284. The zero-order chi connectivity index (χ0) is 15.3. The predicted octanol–water partition coefficient (Wildman–Crippen LogP) is 3.43. The maximum absolute atomic E-state index is 11.9. The van der Waals surface area contributed by atoms with Crippen molar-refractivity contribution in [2.45, 2.75) is 53.2 Å². The van der Waals surface area contributed by atoms with Crippen LogP contribution in [0, 0.1) is 0 Å². The minimum atomic E-state index is -0.860. The van der Waals surface area contributed by atoms with Crippen molar-refractivity contribution in [2.75, 3.05) is 0 Å². The van der Waals surface area contributed by atoms with Gasteiger partial charge < -0.3 is 5.11 Å². The van der Waals surface area contributed by atoms with Gasteiger partial charge >= 0.3 is 0 Å². The van der Waals surface area contributed by atoms with Crippen LogP contribution in [0.1, 0.15) is 51.5 Å². The normalized spacial score (nSPS) is 11.1. The van der Waals surface area contributed by atoms with Gasteiger partial charge in [-0.2, -0.15) is 5.10 Å². The van der Waals surface area contributed by atoms with Crippen molar-refractivity contribution >= 4 is 16.7 Å². The maximum Gasteiger partial charge on any atom is 0.183 e. The van der Waals surface area contributed by atoms with Gasteiger partial charge in [-0.3, -0.25) is 9.48 Å². The van der Waals surface area contributed by atoms with E-state index in [1.807, 2.05) is 45.0 Å². The maximum atomic E-state index is 11.9. The molecule has 0 saturated carbocycles. The largest absolute Gasteiger partial charge is 0.389 e. The second kappa shape index (κ2) is 6.66. The summed E-state index contributed by atoms with van der Waals surface area (Å²) in [6.07, 6.45) is 0.434. The Morgan fingerprint density at radius 1 is 1.30 bits per heavy atom. The third-order valence-corrected chi connectivity index (χ3v) is 2.78. The predicted molar refractivity (Wildman–Crippen MR) is 82.0 cm³/mol. The van der Waals surface area contributed by atoms with Gasteiger partial charge in [0.15, 0.2) is 5.78 Å². The Hall–Kier alpha value is -1.68. The fraction of sp³-hybridized carbons (Fsp3) is 0.500. The molecular formula is C16H24N2O2. The van der Waals surface area contributed by atoms with Gasteiger partial charge in [-0.05, 0) is 19.9 Å². The zero-order valence-corrected chi connectivity index (χ0v) is 13.0. The Kier molecular flexibility index (Phi) is 5.45. The molecule has 1 aromatic heterocycles. The molecule has 1 aromatic carbocycles. The molecule has 2 aromatic rings. The summed E-state index contributed by atoms with van der Waals surface area (Å²) in [6, 6.07) is 7.61. The van der Waals surface area contributed by atoms with E-state index in [4.69, 9.17) is 0 Å². The number of nitrogens with zero attached hydrogens (tertiary/aromatic N) is 2. The smallest absolute Gasteiger partial charge is 0.183 e. The van der Waals surface area contributed by atoms with E-state index >= 15 is 0 Å². The molecule has 1 N–H and O–H groups in total. The number of ketones is 1. The first-order chi connectivity index (χ1) is 9.42. The molecular weight excluding hydrogens is 252 g/mol. The zero-order valence-electron chi connectivity index (χ0n) is 13.0. The Bertz CT molecular complexity index is 580. The van der Waals surface area contributed by atoms with Crippen LogP contribution in [0.25, 0.3) is 10.9 Å². The summed E-state index contributed by atoms with van der Waals surface area (Å²) in [5, 5.41) is 15.1. The van der Waals surface area contributed by atoms with Crippen molar-refractivity contribution in [1.29, 1.82) is 0 Å². The van der Waals surface area contributed by atoms with Crippen LogP contribution in [0.4, 0.5) is 0 Å². The number of fused-ring (bicyclic) bond motifs is 1. The molecule has 2 rings (SSSR count). The van der Waals surface area contributed by atoms with Crippen LogP contribution in [0.5, 0.6) is 0 Å². The topological polar surface area (TPSA) is 55.1 Å². The number of carbonyl (C=O) groups is 1. The molecule has 1 heterocycles. The van der Waals surface area contributed by atoms with E-state index in [1.54, 1.807) is 18.5 Å². The van der Waals surface area contributed by atoms with E-state index in [0.717, 1.165) is 10.9 Å². The lowest BCUT2D eigenvalue weighted by molar-refractivity contribution is 0.0588. The lowest BCUT2D eigenvalue weighted by Gasteiger charge is -2.17. The van der Waals surface area contributed by atoms with E-state index in [1.165, 1.54) is 0 Å². The molecule has 0 radical (unpaired) electrons. The number of carbonyl (C=O) groups excluding carboxylic acids is 1. The summed E-state index contributed by atoms with van der Waals surface area (Å²) in [4.78, 5) is 11.9. The van der Waals surface area contributed by atoms with Crippen molar-refractivity contribution < 1.29 is 9.90 Å². The first kappa shape index (κ1) is 16.4. The monoisotopic (exact) mass is 276 g/mol. The average Bonchev–Trinajstić information content (AvgIpc) is 2.77. The fourth-order valence-corrected chi connectivity index (χ4v) is 1.99. The molecule has 4 nitrogen and oxygen atoms in total. The van der Waals surface area contributed by atoms with Crippen molar-refractivity contribution in [3.63, 3.8) is 0 Å². The number of para-hydroxylation sites is 1. The van der Waals surface area contributed by atoms with Crippen LogP contribution in [-0.4, -0.2) is 26.3 Å². The van der Waals surface area contributed by atoms with Crippen LogP contribution < -0.4 is 0 Å². The molecule has 0 fully saturated rings. The lowest BCUT2D eigenvalue weighted by Crippen LogP contribution is -2.26. The molecule has 0 atom stereocenters. The highest BCUT2D eigenvalue weighted by Gasteiger charge is 2.20. The minimum absolute atomic E-state index is 0.0284. The van der Waals surface area contributed by atoms with Crippen molar-refractivity contribution in [3.8, 4) is 0 Å². The van der Waals surface area contributed by atoms with Crippen LogP contribution in [0.15, 0.2) is 24.3 Å². The second-order valence-corrected chi connectivity index (χ2v) is 5.11. The van der Waals surface area contributed by atoms with Gasteiger partial charge in [-0.1, -0.05) is 39.0 Å². The summed E-state index contributed by atoms with van der Waals surface area (Å²) in [7, 11) is 0. The van der Waals surface area contributed by atoms with E-state index < -0.39 is 5.60 Å². The molecule has 0 aliphatic rings. The van der Waals surface area contributed by atoms with Crippen LogP contribution in [0.2, 0.25) is 0 Å². The molecule has 0 bridgehead atoms. The van der Waals surface area contributed by atoms with Crippen molar-refractivity contribution in [1.82, 2.24) is 9.78 Å². The SMILES string of the molecule is CC.CCC(=O)c1nn(CC(C)(C)O)c2ccccc12. The van der Waals surface area contributed by atoms with Crippen molar-refractivity contribution in [3.05, 3.63) is 30.0 Å². The quantitative estimate of drug-likeness (QED) is 0.870. The highest BCUT2D eigenvalue weighted by atomic mass is 16.3. The minimum Gasteiger partial charge on any atom is -0.389 e. The molecule has 0 saturated heterocycles. The number of rotatable bonds is 4. The van der Waals surface area contributed by atoms with Gasteiger partial charge in [0.05, 0.1) is 17.7 Å². The summed E-state index contributed by atoms with van der Waals surface area (Å²) < 4.78 is 1.71. The Balaban J connectivity index is 0.000000956. The standard InChI is InChI=1S/C14H18N2O2.C2H6/c1-4-12(17)13-10-7-5-6-8-11(10)16(15-13)9-14(2,3)18;1-2/h5-8,18H,4,9H2,1-3H3;1-2H3. The number of hydrogen-bond donors (Lipinski definition) is 1. The Labute approximate surface area is 120 Å².